The van der Waals surface area contributed by atoms with Crippen molar-refractivity contribution in [1.29, 1.82) is 0 Å². The molecule has 0 aliphatic heterocycles. The van der Waals surface area contributed by atoms with Crippen LogP contribution in [0.3, 0.4) is 0 Å². The lowest BCUT2D eigenvalue weighted by Gasteiger charge is -2.25. The summed E-state index contributed by atoms with van der Waals surface area (Å²) in [5, 5.41) is 0. The van der Waals surface area contributed by atoms with E-state index in [4.69, 9.17) is 4.74 Å². The zero-order valence-electron chi connectivity index (χ0n) is 10.1. The maximum Gasteiger partial charge on any atom is 0.407 e. The van der Waals surface area contributed by atoms with Crippen LogP contribution in [0.2, 0.25) is 0 Å². The second-order valence-corrected chi connectivity index (χ2v) is 7.12. The summed E-state index contributed by atoms with van der Waals surface area (Å²) in [6.07, 6.45) is -2.87. The van der Waals surface area contributed by atoms with Gasteiger partial charge in [-0.3, -0.25) is 0 Å². The van der Waals surface area contributed by atoms with E-state index in [9.17, 15) is 17.4 Å². The minimum absolute atomic E-state index is 0.0512. The first-order valence-electron chi connectivity index (χ1n) is 5.47. The first-order chi connectivity index (χ1) is 7.60. The van der Waals surface area contributed by atoms with Crippen molar-refractivity contribution in [2.45, 2.75) is 56.7 Å². The molecule has 0 amide bonds. The van der Waals surface area contributed by atoms with E-state index in [1.165, 1.54) is 0 Å². The lowest BCUT2D eigenvalue weighted by atomic mass is 10.3. The number of ether oxygens (including phenoxy) is 1. The fourth-order valence-electron chi connectivity index (χ4n) is 0.968. The van der Waals surface area contributed by atoms with E-state index in [2.05, 4.69) is 4.72 Å². The van der Waals surface area contributed by atoms with Crippen LogP contribution < -0.4 is 4.72 Å². The van der Waals surface area contributed by atoms with Gasteiger partial charge < -0.3 is 4.74 Å². The average molecular weight is 273 g/mol. The molecule has 0 saturated heterocycles. The van der Waals surface area contributed by atoms with Gasteiger partial charge in [-0.25, -0.2) is 8.93 Å². The molecule has 0 spiro atoms. The quantitative estimate of drug-likeness (QED) is 0.833. The summed E-state index contributed by atoms with van der Waals surface area (Å²) < 4.78 is 56.0. The van der Waals surface area contributed by atoms with Crippen molar-refractivity contribution in [3.63, 3.8) is 0 Å². The molecule has 1 N–H and O–H groups in total. The number of hydrogen-bond donors (Lipinski definition) is 1. The largest absolute Gasteiger partial charge is 0.407 e. The summed E-state index contributed by atoms with van der Waals surface area (Å²) in [5.74, 6) is 0. The summed E-state index contributed by atoms with van der Waals surface area (Å²) in [4.78, 5) is 0. The van der Waals surface area contributed by atoms with Gasteiger partial charge in [-0.05, 0) is 33.6 Å². The van der Waals surface area contributed by atoms with Crippen LogP contribution in [0, 0.1) is 0 Å². The Labute approximate surface area is 102 Å². The van der Waals surface area contributed by atoms with Crippen LogP contribution in [0.5, 0.6) is 0 Å². The van der Waals surface area contributed by atoms with Crippen molar-refractivity contribution >= 4 is 11.0 Å². The highest BCUT2D eigenvalue weighted by Gasteiger charge is 2.43. The van der Waals surface area contributed by atoms with Crippen molar-refractivity contribution in [2.24, 2.45) is 0 Å². The molecule has 1 saturated carbocycles. The molecule has 7 heteroatoms. The highest BCUT2D eigenvalue weighted by atomic mass is 32.2. The Hall–Kier alpha value is -0.140. The number of halogens is 3. The summed E-state index contributed by atoms with van der Waals surface area (Å²) in [6, 6.07) is -1.87. The van der Waals surface area contributed by atoms with Crippen molar-refractivity contribution < 1.29 is 22.1 Å². The van der Waals surface area contributed by atoms with Crippen LogP contribution in [0.1, 0.15) is 33.6 Å². The van der Waals surface area contributed by atoms with E-state index in [1.54, 1.807) is 20.8 Å². The minimum atomic E-state index is -4.45. The molecule has 102 valence electrons. The molecule has 0 heterocycles. The van der Waals surface area contributed by atoms with Crippen LogP contribution in [0.25, 0.3) is 0 Å². The van der Waals surface area contributed by atoms with E-state index in [0.717, 1.165) is 12.8 Å². The molecule has 0 bridgehead atoms. The maximum absolute atomic E-state index is 12.7. The molecule has 0 aromatic heterocycles. The van der Waals surface area contributed by atoms with E-state index in [-0.39, 0.29) is 6.10 Å². The van der Waals surface area contributed by atoms with Crippen molar-refractivity contribution in [3.8, 4) is 0 Å². The first-order valence-corrected chi connectivity index (χ1v) is 6.62. The number of rotatable bonds is 5. The molecular weight excluding hydrogens is 255 g/mol. The molecule has 2 atom stereocenters. The molecule has 0 radical (unpaired) electrons. The van der Waals surface area contributed by atoms with E-state index < -0.39 is 34.6 Å². The Bertz CT molecular complexity index is 284. The van der Waals surface area contributed by atoms with Gasteiger partial charge in [0.25, 0.3) is 0 Å². The molecule has 1 rings (SSSR count). The highest BCUT2D eigenvalue weighted by molar-refractivity contribution is 7.84. The highest BCUT2D eigenvalue weighted by Crippen LogP contribution is 2.27. The average Bonchev–Trinajstić information content (AvgIpc) is 2.91. The van der Waals surface area contributed by atoms with Gasteiger partial charge in [0, 0.05) is 0 Å². The summed E-state index contributed by atoms with van der Waals surface area (Å²) in [6.45, 7) is 4.37. The Morgan fingerprint density at radius 1 is 1.35 bits per heavy atom. The van der Waals surface area contributed by atoms with Gasteiger partial charge in [-0.15, -0.1) is 0 Å². The van der Waals surface area contributed by atoms with Gasteiger partial charge in [-0.2, -0.15) is 13.2 Å². The van der Waals surface area contributed by atoms with E-state index >= 15 is 0 Å². The maximum atomic E-state index is 12.7. The molecule has 1 aliphatic carbocycles. The molecule has 3 nitrogen and oxygen atoms in total. The van der Waals surface area contributed by atoms with Gasteiger partial charge in [0.05, 0.1) is 28.4 Å². The monoisotopic (exact) mass is 273 g/mol. The molecular formula is C10H18F3NO2S. The zero-order valence-corrected chi connectivity index (χ0v) is 11.0. The van der Waals surface area contributed by atoms with Gasteiger partial charge in [0.1, 0.15) is 6.04 Å². The Morgan fingerprint density at radius 2 is 1.88 bits per heavy atom. The first kappa shape index (κ1) is 14.9. The van der Waals surface area contributed by atoms with Crippen LogP contribution in [0.4, 0.5) is 13.2 Å². The van der Waals surface area contributed by atoms with Crippen LogP contribution in [-0.4, -0.2) is 33.9 Å². The predicted molar refractivity (Wildman–Crippen MR) is 59.8 cm³/mol. The van der Waals surface area contributed by atoms with E-state index in [0.29, 0.717) is 0 Å². The number of nitrogens with one attached hydrogen (secondary N) is 1. The number of hydrogen-bond acceptors (Lipinski definition) is 2. The Kier molecular flexibility index (Phi) is 4.60. The van der Waals surface area contributed by atoms with Crippen molar-refractivity contribution in [1.82, 2.24) is 4.72 Å². The molecule has 1 fully saturated rings. The van der Waals surface area contributed by atoms with Crippen LogP contribution >= 0.6 is 0 Å². The normalized spacial score (nSPS) is 21.3. The second-order valence-electron chi connectivity index (χ2n) is 5.13. The predicted octanol–water partition coefficient (Wildman–Crippen LogP) is 2.15. The molecule has 1 aliphatic rings. The van der Waals surface area contributed by atoms with Crippen molar-refractivity contribution in [3.05, 3.63) is 0 Å². The van der Waals surface area contributed by atoms with E-state index in [1.807, 2.05) is 0 Å². The summed E-state index contributed by atoms with van der Waals surface area (Å²) in [5.41, 5.74) is 0. The lowest BCUT2D eigenvalue weighted by Crippen LogP contribution is -2.50. The van der Waals surface area contributed by atoms with Gasteiger partial charge in [0.15, 0.2) is 0 Å². The van der Waals surface area contributed by atoms with Crippen LogP contribution in [0.15, 0.2) is 0 Å². The number of alkyl halides is 3. The topological polar surface area (TPSA) is 38.3 Å². The third kappa shape index (κ3) is 5.35. The summed E-state index contributed by atoms with van der Waals surface area (Å²) in [7, 11) is -1.76. The SMILES string of the molecule is CC(C)(C)[S@@](=O)N[C@@H](COC1CC1)C(F)(F)F. The lowest BCUT2D eigenvalue weighted by molar-refractivity contribution is -0.163. The molecule has 0 unspecified atom stereocenters. The van der Waals surface area contributed by atoms with Crippen molar-refractivity contribution in [2.75, 3.05) is 6.61 Å². The third-order valence-electron chi connectivity index (χ3n) is 2.22. The third-order valence-corrected chi connectivity index (χ3v) is 3.83. The van der Waals surface area contributed by atoms with Crippen LogP contribution in [-0.2, 0) is 15.7 Å². The van der Waals surface area contributed by atoms with Gasteiger partial charge >= 0.3 is 6.18 Å². The fourth-order valence-corrected chi connectivity index (χ4v) is 1.78. The van der Waals surface area contributed by atoms with Gasteiger partial charge in [-0.1, -0.05) is 0 Å². The second kappa shape index (κ2) is 5.24. The molecule has 0 aromatic carbocycles. The van der Waals surface area contributed by atoms with Gasteiger partial charge in [0.2, 0.25) is 0 Å². The minimum Gasteiger partial charge on any atom is -0.376 e. The zero-order chi connectivity index (χ0) is 13.3. The molecule has 17 heavy (non-hydrogen) atoms. The molecule has 0 aromatic rings. The summed E-state index contributed by atoms with van der Waals surface area (Å²) >= 11 is 0. The fraction of sp³-hybridized carbons (Fsp3) is 1.00. The standard InChI is InChI=1S/C10H18F3NO2S/c1-9(2,3)17(15)14-8(10(11,12)13)6-16-7-4-5-7/h7-8,14H,4-6H2,1-3H3/t8-,17+/m0/s1. The Balaban J connectivity index is 2.53. The Morgan fingerprint density at radius 3 is 2.24 bits per heavy atom. The smallest absolute Gasteiger partial charge is 0.376 e.